The first kappa shape index (κ1) is 15.0. The van der Waals surface area contributed by atoms with Crippen molar-refractivity contribution >= 4 is 0 Å². The third kappa shape index (κ3) is 4.69. The Kier molecular flexibility index (Phi) is 6.87. The van der Waals surface area contributed by atoms with Crippen molar-refractivity contribution in [2.24, 2.45) is 0 Å². The minimum Gasteiger partial charge on any atom is -0.487 e. The summed E-state index contributed by atoms with van der Waals surface area (Å²) in [6.45, 7) is 14.2. The van der Waals surface area contributed by atoms with E-state index in [1.165, 1.54) is 12.0 Å². The van der Waals surface area contributed by atoms with E-state index in [2.05, 4.69) is 39.5 Å². The molecule has 1 heterocycles. The predicted octanol–water partition coefficient (Wildman–Crippen LogP) is 5.01. The smallest absolute Gasteiger partial charge is 0.123 e. The van der Waals surface area contributed by atoms with Gasteiger partial charge in [0.25, 0.3) is 0 Å². The van der Waals surface area contributed by atoms with Crippen molar-refractivity contribution in [1.82, 2.24) is 0 Å². The van der Waals surface area contributed by atoms with Gasteiger partial charge in [0.1, 0.15) is 11.4 Å². The number of allylic oxidation sites excluding steroid dienone is 3. The van der Waals surface area contributed by atoms with Gasteiger partial charge in [-0.25, -0.2) is 0 Å². The number of rotatable bonds is 4. The van der Waals surface area contributed by atoms with Crippen LogP contribution in [0.2, 0.25) is 0 Å². The lowest BCUT2D eigenvalue weighted by molar-refractivity contribution is 0.0682. The van der Waals surface area contributed by atoms with E-state index in [0.717, 1.165) is 18.6 Å². The Bertz CT molecular complexity index is 269. The normalized spacial score (nSPS) is 18.1. The number of hydrogen-bond acceptors (Lipinski definition) is 1. The molecule has 0 fully saturated rings. The molecule has 0 saturated heterocycles. The minimum atomic E-state index is -0.0601. The van der Waals surface area contributed by atoms with Crippen LogP contribution in [0, 0.1) is 0 Å². The molecule has 16 heavy (non-hydrogen) atoms. The van der Waals surface area contributed by atoms with Crippen LogP contribution >= 0.6 is 0 Å². The lowest BCUT2D eigenvalue weighted by Crippen LogP contribution is -2.17. The molecule has 0 aromatic rings. The average molecular weight is 222 g/mol. The molecule has 0 bridgehead atoms. The lowest BCUT2D eigenvalue weighted by Gasteiger charge is -2.18. The van der Waals surface area contributed by atoms with Crippen LogP contribution in [0.1, 0.15) is 53.9 Å². The van der Waals surface area contributed by atoms with E-state index in [1.54, 1.807) is 0 Å². The maximum Gasteiger partial charge on any atom is 0.123 e. The van der Waals surface area contributed by atoms with E-state index in [9.17, 15) is 0 Å². The predicted molar refractivity (Wildman–Crippen MR) is 72.4 cm³/mol. The molecule has 1 rings (SSSR count). The fourth-order valence-electron chi connectivity index (χ4n) is 1.62. The maximum atomic E-state index is 5.82. The van der Waals surface area contributed by atoms with Crippen LogP contribution in [0.15, 0.2) is 36.1 Å². The minimum absolute atomic E-state index is 0.0601. The highest BCUT2D eigenvalue weighted by atomic mass is 16.5. The van der Waals surface area contributed by atoms with E-state index in [4.69, 9.17) is 4.74 Å². The molecule has 1 heteroatoms. The summed E-state index contributed by atoms with van der Waals surface area (Å²) in [4.78, 5) is 0. The molecule has 1 aliphatic heterocycles. The fourth-order valence-corrected chi connectivity index (χ4v) is 1.62. The molecule has 0 radical (unpaired) electrons. The maximum absolute atomic E-state index is 5.82. The molecule has 0 amide bonds. The first-order valence-corrected chi connectivity index (χ1v) is 6.30. The zero-order chi connectivity index (χ0) is 12.6. The van der Waals surface area contributed by atoms with Crippen LogP contribution in [0.4, 0.5) is 0 Å². The van der Waals surface area contributed by atoms with Gasteiger partial charge in [-0.15, -0.1) is 0 Å². The van der Waals surface area contributed by atoms with Crippen molar-refractivity contribution in [1.29, 1.82) is 0 Å². The van der Waals surface area contributed by atoms with Crippen molar-refractivity contribution in [2.45, 2.75) is 59.5 Å². The molecule has 0 unspecified atom stereocenters. The molecular weight excluding hydrogens is 196 g/mol. The van der Waals surface area contributed by atoms with Gasteiger partial charge in [-0.2, -0.15) is 0 Å². The van der Waals surface area contributed by atoms with E-state index >= 15 is 0 Å². The van der Waals surface area contributed by atoms with E-state index in [1.807, 2.05) is 19.9 Å². The van der Waals surface area contributed by atoms with Gasteiger partial charge in [-0.05, 0) is 31.9 Å². The van der Waals surface area contributed by atoms with Gasteiger partial charge in [0.05, 0.1) is 0 Å². The van der Waals surface area contributed by atoms with Gasteiger partial charge in [-0.3, -0.25) is 0 Å². The van der Waals surface area contributed by atoms with Gasteiger partial charge in [-0.1, -0.05) is 45.9 Å². The Balaban J connectivity index is 0.00000106. The molecule has 92 valence electrons. The summed E-state index contributed by atoms with van der Waals surface area (Å²) >= 11 is 0. The number of unbranched alkanes of at least 4 members (excludes halogenated alkanes) is 1. The zero-order valence-corrected chi connectivity index (χ0v) is 11.5. The summed E-state index contributed by atoms with van der Waals surface area (Å²) < 4.78 is 5.82. The summed E-state index contributed by atoms with van der Waals surface area (Å²) in [7, 11) is 0. The molecule has 0 saturated carbocycles. The van der Waals surface area contributed by atoms with Crippen LogP contribution in [-0.4, -0.2) is 5.60 Å². The largest absolute Gasteiger partial charge is 0.487 e. The first-order valence-electron chi connectivity index (χ1n) is 6.30. The Hall–Kier alpha value is -0.980. The monoisotopic (exact) mass is 222 g/mol. The van der Waals surface area contributed by atoms with Crippen LogP contribution in [-0.2, 0) is 4.74 Å². The van der Waals surface area contributed by atoms with Gasteiger partial charge in [0, 0.05) is 6.42 Å². The van der Waals surface area contributed by atoms with E-state index < -0.39 is 0 Å². The summed E-state index contributed by atoms with van der Waals surface area (Å²) in [5, 5.41) is 0. The third-order valence-electron chi connectivity index (χ3n) is 2.29. The van der Waals surface area contributed by atoms with E-state index in [0.29, 0.717) is 0 Å². The highest BCUT2D eigenvalue weighted by molar-refractivity contribution is 5.33. The molecular formula is C15H26O. The topological polar surface area (TPSA) is 9.23 Å². The lowest BCUT2D eigenvalue weighted by atomic mass is 10.0. The standard InChI is InChI=1S/C13H20O.C2H6/c1-5-7-8-9-12-11(6-2)10-13(3,4)14-12;1-2/h6,8-9H,2,5,7,10H2,1,3-4H3;1-2H3/b9-8-;. The quantitative estimate of drug-likeness (QED) is 0.650. The van der Waals surface area contributed by atoms with Crippen molar-refractivity contribution in [2.75, 3.05) is 0 Å². The summed E-state index contributed by atoms with van der Waals surface area (Å²) in [5.41, 5.74) is 1.16. The summed E-state index contributed by atoms with van der Waals surface area (Å²) in [6, 6.07) is 0. The second-order valence-corrected chi connectivity index (χ2v) is 4.32. The highest BCUT2D eigenvalue weighted by Crippen LogP contribution is 2.34. The van der Waals surface area contributed by atoms with Crippen LogP contribution in [0.5, 0.6) is 0 Å². The number of hydrogen-bond donors (Lipinski definition) is 0. The molecule has 0 spiro atoms. The molecule has 0 aromatic carbocycles. The van der Waals surface area contributed by atoms with Crippen molar-refractivity contribution in [3.63, 3.8) is 0 Å². The van der Waals surface area contributed by atoms with Crippen LogP contribution < -0.4 is 0 Å². The zero-order valence-electron chi connectivity index (χ0n) is 11.5. The van der Waals surface area contributed by atoms with Gasteiger partial charge >= 0.3 is 0 Å². The molecule has 1 nitrogen and oxygen atoms in total. The molecule has 1 aliphatic rings. The number of ether oxygens (including phenoxy) is 1. The molecule has 0 N–H and O–H groups in total. The van der Waals surface area contributed by atoms with Crippen molar-refractivity contribution < 1.29 is 4.74 Å². The summed E-state index contributed by atoms with van der Waals surface area (Å²) in [5.74, 6) is 0.999. The van der Waals surface area contributed by atoms with Gasteiger partial charge in [0.2, 0.25) is 0 Å². The Labute approximate surface area is 101 Å². The first-order chi connectivity index (χ1) is 7.59. The van der Waals surface area contributed by atoms with Crippen LogP contribution in [0.3, 0.4) is 0 Å². The highest BCUT2D eigenvalue weighted by Gasteiger charge is 2.29. The van der Waals surface area contributed by atoms with Gasteiger partial charge in [0.15, 0.2) is 0 Å². The van der Waals surface area contributed by atoms with Crippen molar-refractivity contribution in [3.05, 3.63) is 36.1 Å². The average Bonchev–Trinajstić information content (AvgIpc) is 2.57. The van der Waals surface area contributed by atoms with E-state index in [-0.39, 0.29) is 5.60 Å². The molecule has 0 atom stereocenters. The van der Waals surface area contributed by atoms with Crippen LogP contribution in [0.25, 0.3) is 0 Å². The van der Waals surface area contributed by atoms with Crippen molar-refractivity contribution in [3.8, 4) is 0 Å². The Morgan fingerprint density at radius 3 is 2.50 bits per heavy atom. The summed E-state index contributed by atoms with van der Waals surface area (Å²) in [6.07, 6.45) is 9.40. The second-order valence-electron chi connectivity index (χ2n) is 4.32. The fraction of sp³-hybridized carbons (Fsp3) is 0.600. The second kappa shape index (κ2) is 7.32. The van der Waals surface area contributed by atoms with Gasteiger partial charge < -0.3 is 4.74 Å². The Morgan fingerprint density at radius 2 is 2.00 bits per heavy atom. The molecule has 0 aliphatic carbocycles. The molecule has 0 aromatic heterocycles. The SMILES string of the molecule is C=CC1=C(/C=C\CCC)OC(C)(C)C1.CC. The Morgan fingerprint density at radius 1 is 1.38 bits per heavy atom. The third-order valence-corrected chi connectivity index (χ3v) is 2.29.